The summed E-state index contributed by atoms with van der Waals surface area (Å²) in [6.45, 7) is 1.89. The Balaban J connectivity index is 1.71. The van der Waals surface area contributed by atoms with Gasteiger partial charge in [0.2, 0.25) is 0 Å². The van der Waals surface area contributed by atoms with Gasteiger partial charge >= 0.3 is 6.18 Å². The van der Waals surface area contributed by atoms with E-state index in [1.807, 2.05) is 0 Å². The van der Waals surface area contributed by atoms with Gasteiger partial charge in [0.25, 0.3) is 5.91 Å². The molecule has 3 aromatic rings. The monoisotopic (exact) mass is 378 g/mol. The van der Waals surface area contributed by atoms with E-state index in [2.05, 4.69) is 10.1 Å². The maximum atomic E-state index is 13.2. The van der Waals surface area contributed by atoms with Crippen LogP contribution in [0.3, 0.4) is 0 Å². The highest BCUT2D eigenvalue weighted by molar-refractivity contribution is 6.00. The molecule has 0 bridgehead atoms. The quantitative estimate of drug-likeness (QED) is 0.638. The summed E-state index contributed by atoms with van der Waals surface area (Å²) in [6, 6.07) is 6.46. The van der Waals surface area contributed by atoms with Crippen LogP contribution < -0.4 is 0 Å². The molecule has 1 aliphatic heterocycles. The molecule has 2 aromatic heterocycles. The lowest BCUT2D eigenvalue weighted by molar-refractivity contribution is -0.142. The summed E-state index contributed by atoms with van der Waals surface area (Å²) >= 11 is 0. The van der Waals surface area contributed by atoms with Gasteiger partial charge in [0.05, 0.1) is 12.2 Å². The predicted octanol–water partition coefficient (Wildman–Crippen LogP) is 3.78. The van der Waals surface area contributed by atoms with Gasteiger partial charge in [-0.1, -0.05) is 12.1 Å². The number of fused-ring (bicyclic) bond motifs is 1. The van der Waals surface area contributed by atoms with Gasteiger partial charge in [-0.25, -0.2) is 13.9 Å². The fourth-order valence-corrected chi connectivity index (χ4v) is 3.25. The van der Waals surface area contributed by atoms with Crippen molar-refractivity contribution < 1.29 is 22.4 Å². The average Bonchev–Trinajstić information content (AvgIpc) is 2.97. The number of rotatable bonds is 2. The number of hydrogen-bond acceptors (Lipinski definition) is 3. The molecule has 0 N–H and O–H groups in total. The molecule has 0 radical (unpaired) electrons. The Morgan fingerprint density at radius 1 is 1.22 bits per heavy atom. The number of aryl methyl sites for hydroxylation is 1. The van der Waals surface area contributed by atoms with Crippen LogP contribution in [0.25, 0.3) is 5.65 Å². The van der Waals surface area contributed by atoms with Crippen molar-refractivity contribution in [3.8, 4) is 0 Å². The van der Waals surface area contributed by atoms with Crippen molar-refractivity contribution in [2.45, 2.75) is 25.6 Å². The standard InChI is InChI=1S/C18H14F4N4O/c1-10-8-15(18(20,21)22)26-16(24-10)13(9-23-26)17(27)25-7-6-14(25)11-2-4-12(19)5-3-11/h2-5,8-9,14H,6-7H2,1H3/t14-/m0/s1. The van der Waals surface area contributed by atoms with Crippen molar-refractivity contribution >= 4 is 11.6 Å². The number of hydrogen-bond donors (Lipinski definition) is 0. The molecule has 0 aliphatic carbocycles. The second-order valence-electron chi connectivity index (χ2n) is 6.43. The van der Waals surface area contributed by atoms with E-state index in [0.29, 0.717) is 17.5 Å². The molecule has 1 amide bonds. The lowest BCUT2D eigenvalue weighted by Crippen LogP contribution is -2.45. The second-order valence-corrected chi connectivity index (χ2v) is 6.43. The van der Waals surface area contributed by atoms with E-state index in [0.717, 1.165) is 17.8 Å². The van der Waals surface area contributed by atoms with Gasteiger partial charge in [0.1, 0.15) is 17.1 Å². The highest BCUT2D eigenvalue weighted by Gasteiger charge is 2.38. The number of likely N-dealkylation sites (tertiary alicyclic amines) is 1. The van der Waals surface area contributed by atoms with Crippen molar-refractivity contribution in [3.63, 3.8) is 0 Å². The Labute approximate surface area is 151 Å². The second kappa shape index (κ2) is 6.04. The zero-order valence-electron chi connectivity index (χ0n) is 14.2. The molecule has 0 unspecified atom stereocenters. The molecule has 1 saturated heterocycles. The molecule has 3 heterocycles. The van der Waals surface area contributed by atoms with E-state index >= 15 is 0 Å². The minimum absolute atomic E-state index is 0.0102. The Kier molecular flexibility index (Phi) is 3.90. The topological polar surface area (TPSA) is 50.5 Å². The summed E-state index contributed by atoms with van der Waals surface area (Å²) in [5.41, 5.74) is -0.188. The third-order valence-electron chi connectivity index (χ3n) is 4.66. The van der Waals surface area contributed by atoms with Crippen LogP contribution in [0.15, 0.2) is 36.5 Å². The SMILES string of the molecule is Cc1cc(C(F)(F)F)n2ncc(C(=O)N3CC[C@H]3c3ccc(F)cc3)c2n1. The summed E-state index contributed by atoms with van der Waals surface area (Å²) < 4.78 is 53.5. The van der Waals surface area contributed by atoms with Crippen LogP contribution in [0.2, 0.25) is 0 Å². The number of amides is 1. The van der Waals surface area contributed by atoms with Crippen LogP contribution in [-0.2, 0) is 6.18 Å². The molecule has 1 aromatic carbocycles. The van der Waals surface area contributed by atoms with Gasteiger partial charge in [0, 0.05) is 12.2 Å². The van der Waals surface area contributed by atoms with Crippen molar-refractivity contribution in [3.05, 3.63) is 64.9 Å². The van der Waals surface area contributed by atoms with E-state index in [9.17, 15) is 22.4 Å². The number of alkyl halides is 3. The Morgan fingerprint density at radius 2 is 1.93 bits per heavy atom. The number of benzene rings is 1. The fraction of sp³-hybridized carbons (Fsp3) is 0.278. The zero-order chi connectivity index (χ0) is 19.3. The van der Waals surface area contributed by atoms with Gasteiger partial charge in [0.15, 0.2) is 5.65 Å². The van der Waals surface area contributed by atoms with E-state index in [1.165, 1.54) is 24.0 Å². The van der Waals surface area contributed by atoms with Crippen LogP contribution in [0.4, 0.5) is 17.6 Å². The van der Waals surface area contributed by atoms with E-state index in [1.54, 1.807) is 12.1 Å². The third-order valence-corrected chi connectivity index (χ3v) is 4.66. The number of aromatic nitrogens is 3. The molecule has 5 nitrogen and oxygen atoms in total. The van der Waals surface area contributed by atoms with Crippen LogP contribution in [0.5, 0.6) is 0 Å². The molecule has 27 heavy (non-hydrogen) atoms. The minimum atomic E-state index is -4.62. The normalized spacial score (nSPS) is 17.2. The van der Waals surface area contributed by atoms with Crippen LogP contribution in [0.1, 0.15) is 39.8 Å². The molecule has 0 saturated carbocycles. The Bertz CT molecular complexity index is 1030. The summed E-state index contributed by atoms with van der Waals surface area (Å²) in [7, 11) is 0. The number of halogens is 4. The predicted molar refractivity (Wildman–Crippen MR) is 87.5 cm³/mol. The Hall–Kier alpha value is -2.97. The average molecular weight is 378 g/mol. The van der Waals surface area contributed by atoms with Crippen LogP contribution in [0, 0.1) is 12.7 Å². The maximum absolute atomic E-state index is 13.2. The van der Waals surface area contributed by atoms with Crippen molar-refractivity contribution in [1.29, 1.82) is 0 Å². The van der Waals surface area contributed by atoms with Crippen molar-refractivity contribution in [2.24, 2.45) is 0 Å². The molecule has 140 valence electrons. The van der Waals surface area contributed by atoms with Gasteiger partial charge < -0.3 is 4.90 Å². The third kappa shape index (κ3) is 2.92. The Morgan fingerprint density at radius 3 is 2.52 bits per heavy atom. The van der Waals surface area contributed by atoms with Crippen LogP contribution in [-0.4, -0.2) is 31.9 Å². The van der Waals surface area contributed by atoms with Gasteiger partial charge in [-0.2, -0.15) is 18.3 Å². The van der Waals surface area contributed by atoms with E-state index in [-0.39, 0.29) is 28.8 Å². The molecule has 1 atom stereocenters. The fourth-order valence-electron chi connectivity index (χ4n) is 3.25. The molecular formula is C18H14F4N4O. The molecule has 0 spiro atoms. The lowest BCUT2D eigenvalue weighted by Gasteiger charge is -2.41. The van der Waals surface area contributed by atoms with Gasteiger partial charge in [-0.3, -0.25) is 4.79 Å². The van der Waals surface area contributed by atoms with E-state index in [4.69, 9.17) is 0 Å². The summed E-state index contributed by atoms with van der Waals surface area (Å²) in [6.07, 6.45) is -2.82. The van der Waals surface area contributed by atoms with Gasteiger partial charge in [-0.15, -0.1) is 0 Å². The lowest BCUT2D eigenvalue weighted by atomic mass is 9.94. The summed E-state index contributed by atoms with van der Waals surface area (Å²) in [5.74, 6) is -0.824. The number of carbonyl (C=O) groups is 1. The highest BCUT2D eigenvalue weighted by Crippen LogP contribution is 2.36. The molecule has 9 heteroatoms. The van der Waals surface area contributed by atoms with Gasteiger partial charge in [-0.05, 0) is 37.1 Å². The molecule has 1 fully saturated rings. The molecule has 1 aliphatic rings. The first kappa shape index (κ1) is 17.4. The van der Waals surface area contributed by atoms with Crippen LogP contribution >= 0.6 is 0 Å². The number of carbonyl (C=O) groups excluding carboxylic acids is 1. The zero-order valence-corrected chi connectivity index (χ0v) is 14.2. The number of nitrogens with zero attached hydrogens (tertiary/aromatic N) is 4. The highest BCUT2D eigenvalue weighted by atomic mass is 19.4. The smallest absolute Gasteiger partial charge is 0.331 e. The van der Waals surface area contributed by atoms with E-state index < -0.39 is 17.8 Å². The van der Waals surface area contributed by atoms with Crippen molar-refractivity contribution in [2.75, 3.05) is 6.54 Å². The first-order valence-corrected chi connectivity index (χ1v) is 8.25. The summed E-state index contributed by atoms with van der Waals surface area (Å²) in [4.78, 5) is 18.5. The minimum Gasteiger partial charge on any atom is -0.331 e. The molecule has 4 rings (SSSR count). The first-order valence-electron chi connectivity index (χ1n) is 8.25. The maximum Gasteiger partial charge on any atom is 0.433 e. The van der Waals surface area contributed by atoms with Crippen molar-refractivity contribution in [1.82, 2.24) is 19.5 Å². The largest absolute Gasteiger partial charge is 0.433 e. The first-order chi connectivity index (χ1) is 12.8. The summed E-state index contributed by atoms with van der Waals surface area (Å²) in [5, 5.41) is 3.73. The molecular weight excluding hydrogens is 364 g/mol.